The van der Waals surface area contributed by atoms with Crippen molar-refractivity contribution >= 4 is 48.5 Å². The quantitative estimate of drug-likeness (QED) is 0.245. The van der Waals surface area contributed by atoms with Gasteiger partial charge in [-0.1, -0.05) is 53.7 Å². The predicted octanol–water partition coefficient (Wildman–Crippen LogP) is 2.82. The molecule has 0 aromatic carbocycles. The Bertz CT molecular complexity index is 789. The van der Waals surface area contributed by atoms with E-state index in [4.69, 9.17) is 16.5 Å². The molecule has 2 bridgehead atoms. The van der Waals surface area contributed by atoms with Crippen LogP contribution in [0.2, 0.25) is 24.2 Å². The fourth-order valence-electron chi connectivity index (χ4n) is 6.10. The first-order chi connectivity index (χ1) is 17.0. The van der Waals surface area contributed by atoms with Crippen LogP contribution < -0.4 is 0 Å². The van der Waals surface area contributed by atoms with Crippen molar-refractivity contribution in [2.45, 2.75) is 78.6 Å². The molecular formula is C24H45NO7Si4. The summed E-state index contributed by atoms with van der Waals surface area (Å²) in [6.45, 7) is 13.2. The number of hydrogen-bond donors (Lipinski definition) is 1. The number of likely N-dealkylation sites (tertiary alicyclic amines) is 1. The summed E-state index contributed by atoms with van der Waals surface area (Å²) in [6, 6.07) is 2.82. The van der Waals surface area contributed by atoms with Crippen LogP contribution in [0.1, 0.15) is 54.4 Å². The van der Waals surface area contributed by atoms with Gasteiger partial charge in [-0.2, -0.15) is 0 Å². The Labute approximate surface area is 222 Å². The van der Waals surface area contributed by atoms with Crippen LogP contribution in [0.5, 0.6) is 0 Å². The van der Waals surface area contributed by atoms with Gasteiger partial charge in [0, 0.05) is 12.6 Å². The molecule has 2 aliphatic carbocycles. The Balaban J connectivity index is 1.42. The molecule has 6 atom stereocenters. The molecule has 8 nitrogen and oxygen atoms in total. The molecule has 2 saturated heterocycles. The molecule has 1 N–H and O–H groups in total. The maximum atomic E-state index is 13.1. The van der Waals surface area contributed by atoms with Gasteiger partial charge in [-0.05, 0) is 60.6 Å². The van der Waals surface area contributed by atoms with E-state index in [1.807, 2.05) is 0 Å². The lowest BCUT2D eigenvalue weighted by Crippen LogP contribution is -2.57. The van der Waals surface area contributed by atoms with Gasteiger partial charge < -0.3 is 21.3 Å². The molecule has 0 aromatic rings. The molecule has 0 radical (unpaired) electrons. The minimum absolute atomic E-state index is 0.0386. The van der Waals surface area contributed by atoms with E-state index in [0.29, 0.717) is 36.8 Å². The van der Waals surface area contributed by atoms with Crippen LogP contribution >= 0.6 is 0 Å². The highest BCUT2D eigenvalue weighted by atomic mass is 28.5. The maximum Gasteiger partial charge on any atom is 0.480 e. The third-order valence-electron chi connectivity index (χ3n) is 7.67. The van der Waals surface area contributed by atoms with Crippen molar-refractivity contribution in [3.63, 3.8) is 0 Å². The van der Waals surface area contributed by atoms with Gasteiger partial charge in [0.05, 0.1) is 11.8 Å². The van der Waals surface area contributed by atoms with Crippen LogP contribution in [0.4, 0.5) is 0 Å². The maximum absolute atomic E-state index is 13.1. The van der Waals surface area contributed by atoms with Crippen molar-refractivity contribution in [1.29, 1.82) is 0 Å². The van der Waals surface area contributed by atoms with Gasteiger partial charge in [-0.3, -0.25) is 14.5 Å². The molecule has 12 heteroatoms. The minimum Gasteiger partial charge on any atom is -0.420 e. The molecular weight excluding hydrogens is 527 g/mol. The zero-order chi connectivity index (χ0) is 26.2. The molecule has 4 aliphatic rings. The van der Waals surface area contributed by atoms with Crippen LogP contribution in [0.15, 0.2) is 12.2 Å². The summed E-state index contributed by atoms with van der Waals surface area (Å²) >= 11 is 0. The fraction of sp³-hybridized carbons (Fsp3) is 0.833. The smallest absolute Gasteiger partial charge is 0.420 e. The summed E-state index contributed by atoms with van der Waals surface area (Å²) in [6.07, 6.45) is 5.63. The largest absolute Gasteiger partial charge is 0.480 e. The second-order valence-electron chi connectivity index (χ2n) is 12.3. The number of amides is 2. The molecule has 6 unspecified atom stereocenters. The van der Waals surface area contributed by atoms with Crippen molar-refractivity contribution < 1.29 is 30.8 Å². The summed E-state index contributed by atoms with van der Waals surface area (Å²) in [5, 5.41) is 0. The van der Waals surface area contributed by atoms with E-state index >= 15 is 0 Å². The van der Waals surface area contributed by atoms with E-state index in [-0.39, 0.29) is 35.5 Å². The van der Waals surface area contributed by atoms with Gasteiger partial charge in [-0.25, -0.2) is 0 Å². The molecule has 4 rings (SSSR count). The number of carbonyl (C=O) groups is 2. The van der Waals surface area contributed by atoms with Crippen molar-refractivity contribution in [3.8, 4) is 0 Å². The van der Waals surface area contributed by atoms with Gasteiger partial charge in [0.2, 0.25) is 11.8 Å². The average Bonchev–Trinajstić information content (AvgIpc) is 3.41. The molecule has 0 aromatic heterocycles. The number of imide groups is 1. The lowest BCUT2D eigenvalue weighted by molar-refractivity contribution is -0.140. The highest BCUT2D eigenvalue weighted by Crippen LogP contribution is 2.52. The number of rotatable bonds is 10. The third-order valence-corrected chi connectivity index (χ3v) is 22.5. The number of nitrogens with zero attached hydrogens (tertiary/aromatic N) is 1. The van der Waals surface area contributed by atoms with E-state index in [1.165, 1.54) is 4.90 Å². The number of allylic oxidation sites excluding steroid dienone is 2. The minimum atomic E-state index is -3.57. The Morgan fingerprint density at radius 3 is 1.75 bits per heavy atom. The van der Waals surface area contributed by atoms with E-state index in [2.05, 4.69) is 53.7 Å². The van der Waals surface area contributed by atoms with Crippen LogP contribution in [0.3, 0.4) is 0 Å². The standard InChI is InChI=1S/C24H45NO7Si4/c1-16(2)13-33-29-34(14-17(3)4)31-36(28,32-35(30-33)15-18(5)6)11-7-10-25-23(26)21-19-8-9-20(12-19)22(21)24(25)27/h8-9,16-22,28,33-35H,7,10-15H2,1-6H3. The zero-order valence-electron chi connectivity index (χ0n) is 22.7. The monoisotopic (exact) mass is 571 g/mol. The lowest BCUT2D eigenvalue weighted by atomic mass is 9.85. The predicted molar refractivity (Wildman–Crippen MR) is 147 cm³/mol. The summed E-state index contributed by atoms with van der Waals surface area (Å²) in [7, 11) is -9.91. The summed E-state index contributed by atoms with van der Waals surface area (Å²) in [4.78, 5) is 39.2. The molecule has 204 valence electrons. The van der Waals surface area contributed by atoms with E-state index in [0.717, 1.165) is 24.6 Å². The second kappa shape index (κ2) is 11.7. The lowest BCUT2D eigenvalue weighted by Gasteiger charge is -2.39. The van der Waals surface area contributed by atoms with E-state index < -0.39 is 36.7 Å². The topological polar surface area (TPSA) is 94.5 Å². The molecule has 2 heterocycles. The highest BCUT2D eigenvalue weighted by Gasteiger charge is 2.59. The molecule has 2 aliphatic heterocycles. The third kappa shape index (κ3) is 6.57. The second-order valence-corrected chi connectivity index (χ2v) is 22.3. The van der Waals surface area contributed by atoms with Crippen molar-refractivity contribution in [2.24, 2.45) is 41.4 Å². The van der Waals surface area contributed by atoms with Crippen molar-refractivity contribution in [1.82, 2.24) is 4.90 Å². The van der Waals surface area contributed by atoms with Crippen LogP contribution in [0.25, 0.3) is 0 Å². The molecule has 2 amide bonds. The summed E-state index contributed by atoms with van der Waals surface area (Å²) < 4.78 is 26.0. The number of carbonyl (C=O) groups excluding carboxylic acids is 2. The van der Waals surface area contributed by atoms with Crippen LogP contribution in [-0.2, 0) is 26.0 Å². The zero-order valence-corrected chi connectivity index (χ0v) is 27.2. The van der Waals surface area contributed by atoms with Crippen LogP contribution in [0, 0.1) is 41.4 Å². The molecule has 3 fully saturated rings. The Morgan fingerprint density at radius 2 is 1.31 bits per heavy atom. The summed E-state index contributed by atoms with van der Waals surface area (Å²) in [5.74, 6) is 1.22. The highest BCUT2D eigenvalue weighted by molar-refractivity contribution is 6.78. The normalized spacial score (nSPS) is 38.5. The summed E-state index contributed by atoms with van der Waals surface area (Å²) in [5.41, 5.74) is 0. The van der Waals surface area contributed by atoms with Crippen molar-refractivity contribution in [2.75, 3.05) is 6.54 Å². The van der Waals surface area contributed by atoms with Gasteiger partial charge in [0.25, 0.3) is 0 Å². The van der Waals surface area contributed by atoms with Gasteiger partial charge >= 0.3 is 36.7 Å². The molecule has 36 heavy (non-hydrogen) atoms. The first-order valence-electron chi connectivity index (χ1n) is 13.9. The van der Waals surface area contributed by atoms with Gasteiger partial charge in [-0.15, -0.1) is 0 Å². The molecule has 0 spiro atoms. The number of fused-ring (bicyclic) bond motifs is 5. The van der Waals surface area contributed by atoms with Gasteiger partial charge in [0.15, 0.2) is 0 Å². The Hall–Kier alpha value is -0.452. The Morgan fingerprint density at radius 1 is 0.861 bits per heavy atom. The van der Waals surface area contributed by atoms with E-state index in [1.54, 1.807) is 0 Å². The SMILES string of the molecule is CC(C)C[SiH]1O[SiH](CC(C)C)O[Si](O)(CCCN2C(=O)C3C4C=CC(C4)C3C2=O)O[SiH](CC(C)C)O1. The number of hydrogen-bond acceptors (Lipinski definition) is 7. The Kier molecular flexibility index (Phi) is 9.31. The van der Waals surface area contributed by atoms with E-state index in [9.17, 15) is 14.4 Å². The molecule has 1 saturated carbocycles. The average molecular weight is 572 g/mol. The van der Waals surface area contributed by atoms with Gasteiger partial charge in [0.1, 0.15) is 0 Å². The van der Waals surface area contributed by atoms with Crippen LogP contribution in [-0.4, -0.2) is 64.7 Å². The van der Waals surface area contributed by atoms with Crippen molar-refractivity contribution in [3.05, 3.63) is 12.2 Å². The first-order valence-corrected chi connectivity index (χ1v) is 21.1. The fourth-order valence-corrected chi connectivity index (χ4v) is 21.5. The first kappa shape index (κ1) is 28.6.